The van der Waals surface area contributed by atoms with Crippen molar-refractivity contribution >= 4 is 11.7 Å². The average Bonchev–Trinajstić information content (AvgIpc) is 2.88. The first-order valence-electron chi connectivity index (χ1n) is 6.91. The van der Waals surface area contributed by atoms with E-state index in [-0.39, 0.29) is 37.8 Å². The van der Waals surface area contributed by atoms with Crippen LogP contribution in [0.1, 0.15) is 16.1 Å². The number of benzene rings is 1. The Morgan fingerprint density at radius 1 is 1.18 bits per heavy atom. The molecule has 0 aliphatic rings. The van der Waals surface area contributed by atoms with E-state index in [0.29, 0.717) is 6.54 Å². The SMILES string of the molecule is Nc1c(C(=O)N(CCO)CCO)nnn1Cc1ccccc1. The Bertz CT molecular complexity index is 608. The third-order valence-corrected chi connectivity index (χ3v) is 3.18. The van der Waals surface area contributed by atoms with Crippen molar-refractivity contribution in [3.63, 3.8) is 0 Å². The summed E-state index contributed by atoms with van der Waals surface area (Å²) in [6.45, 7) is 0.204. The van der Waals surface area contributed by atoms with Crippen LogP contribution in [-0.2, 0) is 6.54 Å². The Balaban J connectivity index is 2.17. The van der Waals surface area contributed by atoms with E-state index in [1.807, 2.05) is 30.3 Å². The highest BCUT2D eigenvalue weighted by atomic mass is 16.3. The molecule has 2 rings (SSSR count). The van der Waals surface area contributed by atoms with Gasteiger partial charge in [-0.15, -0.1) is 5.10 Å². The molecule has 1 aromatic heterocycles. The number of hydrogen-bond acceptors (Lipinski definition) is 6. The molecule has 0 saturated carbocycles. The number of aliphatic hydroxyl groups excluding tert-OH is 2. The van der Waals surface area contributed by atoms with Gasteiger partial charge in [0.15, 0.2) is 11.5 Å². The molecule has 22 heavy (non-hydrogen) atoms. The fraction of sp³-hybridized carbons (Fsp3) is 0.357. The van der Waals surface area contributed by atoms with Gasteiger partial charge >= 0.3 is 0 Å². The van der Waals surface area contributed by atoms with E-state index in [1.54, 1.807) is 0 Å². The number of amides is 1. The minimum Gasteiger partial charge on any atom is -0.395 e. The van der Waals surface area contributed by atoms with Gasteiger partial charge in [-0.05, 0) is 5.56 Å². The molecule has 0 fully saturated rings. The molecule has 0 spiro atoms. The fourth-order valence-corrected chi connectivity index (χ4v) is 2.05. The van der Waals surface area contributed by atoms with Crippen molar-refractivity contribution in [2.24, 2.45) is 0 Å². The lowest BCUT2D eigenvalue weighted by atomic mass is 10.2. The number of carbonyl (C=O) groups is 1. The van der Waals surface area contributed by atoms with Gasteiger partial charge in [-0.3, -0.25) is 4.79 Å². The second-order valence-corrected chi connectivity index (χ2v) is 4.71. The summed E-state index contributed by atoms with van der Waals surface area (Å²) in [6.07, 6.45) is 0. The molecule has 0 radical (unpaired) electrons. The lowest BCUT2D eigenvalue weighted by Gasteiger charge is -2.19. The summed E-state index contributed by atoms with van der Waals surface area (Å²) in [7, 11) is 0. The van der Waals surface area contributed by atoms with Gasteiger partial charge in [0.1, 0.15) is 0 Å². The molecule has 2 aromatic rings. The molecule has 118 valence electrons. The maximum Gasteiger partial charge on any atom is 0.278 e. The fourth-order valence-electron chi connectivity index (χ4n) is 2.05. The number of nitrogens with zero attached hydrogens (tertiary/aromatic N) is 4. The number of aromatic nitrogens is 3. The highest BCUT2D eigenvalue weighted by Crippen LogP contribution is 2.13. The molecule has 1 heterocycles. The zero-order valence-electron chi connectivity index (χ0n) is 12.1. The summed E-state index contributed by atoms with van der Waals surface area (Å²) < 4.78 is 1.44. The van der Waals surface area contributed by atoms with E-state index in [0.717, 1.165) is 5.56 Å². The quantitative estimate of drug-likeness (QED) is 0.625. The van der Waals surface area contributed by atoms with Crippen molar-refractivity contribution in [3.8, 4) is 0 Å². The Labute approximate surface area is 127 Å². The largest absolute Gasteiger partial charge is 0.395 e. The minimum absolute atomic E-state index is 0.0258. The van der Waals surface area contributed by atoms with Gasteiger partial charge in [-0.25, -0.2) is 4.68 Å². The summed E-state index contributed by atoms with van der Waals surface area (Å²) in [5.41, 5.74) is 6.96. The van der Waals surface area contributed by atoms with Crippen LogP contribution in [0, 0.1) is 0 Å². The second kappa shape index (κ2) is 7.53. The first-order valence-corrected chi connectivity index (χ1v) is 6.91. The van der Waals surface area contributed by atoms with Crippen molar-refractivity contribution in [2.75, 3.05) is 32.0 Å². The molecule has 4 N–H and O–H groups in total. The van der Waals surface area contributed by atoms with Crippen molar-refractivity contribution in [2.45, 2.75) is 6.54 Å². The molecular formula is C14H19N5O3. The van der Waals surface area contributed by atoms with E-state index in [9.17, 15) is 4.79 Å². The first-order chi connectivity index (χ1) is 10.7. The Kier molecular flexibility index (Phi) is 5.45. The summed E-state index contributed by atoms with van der Waals surface area (Å²) in [4.78, 5) is 13.6. The van der Waals surface area contributed by atoms with Gasteiger partial charge in [0.25, 0.3) is 5.91 Å². The summed E-state index contributed by atoms with van der Waals surface area (Å²) in [5, 5.41) is 25.7. The number of nitrogen functional groups attached to an aromatic ring is 1. The highest BCUT2D eigenvalue weighted by molar-refractivity contribution is 5.96. The molecule has 8 heteroatoms. The van der Waals surface area contributed by atoms with Crippen molar-refractivity contribution in [1.29, 1.82) is 0 Å². The van der Waals surface area contributed by atoms with E-state index < -0.39 is 5.91 Å². The van der Waals surface area contributed by atoms with E-state index in [1.165, 1.54) is 9.58 Å². The number of hydrogen-bond donors (Lipinski definition) is 3. The third kappa shape index (κ3) is 3.60. The summed E-state index contributed by atoms with van der Waals surface area (Å²) in [6, 6.07) is 9.56. The minimum atomic E-state index is -0.458. The van der Waals surface area contributed by atoms with E-state index >= 15 is 0 Å². The molecule has 0 bridgehead atoms. The monoisotopic (exact) mass is 305 g/mol. The van der Waals surface area contributed by atoms with Gasteiger partial charge in [-0.1, -0.05) is 35.5 Å². The van der Waals surface area contributed by atoms with Crippen molar-refractivity contribution in [1.82, 2.24) is 19.9 Å². The average molecular weight is 305 g/mol. The number of anilines is 1. The lowest BCUT2D eigenvalue weighted by molar-refractivity contribution is 0.0680. The van der Waals surface area contributed by atoms with Gasteiger partial charge < -0.3 is 20.8 Å². The Hall–Kier alpha value is -2.45. The van der Waals surface area contributed by atoms with Gasteiger partial charge in [0.05, 0.1) is 19.8 Å². The summed E-state index contributed by atoms with van der Waals surface area (Å²) in [5.74, 6) is -0.297. The van der Waals surface area contributed by atoms with Gasteiger partial charge in [-0.2, -0.15) is 0 Å². The van der Waals surface area contributed by atoms with Crippen molar-refractivity contribution in [3.05, 3.63) is 41.6 Å². The van der Waals surface area contributed by atoms with Crippen LogP contribution in [0.2, 0.25) is 0 Å². The van der Waals surface area contributed by atoms with Crippen LogP contribution in [0.4, 0.5) is 5.82 Å². The van der Waals surface area contributed by atoms with Crippen LogP contribution in [0.25, 0.3) is 0 Å². The van der Waals surface area contributed by atoms with Crippen LogP contribution < -0.4 is 5.73 Å². The maximum atomic E-state index is 12.3. The number of rotatable bonds is 7. The highest BCUT2D eigenvalue weighted by Gasteiger charge is 2.22. The van der Waals surface area contributed by atoms with Gasteiger partial charge in [0, 0.05) is 13.1 Å². The lowest BCUT2D eigenvalue weighted by Crippen LogP contribution is -2.36. The van der Waals surface area contributed by atoms with E-state index in [2.05, 4.69) is 10.3 Å². The van der Waals surface area contributed by atoms with Crippen LogP contribution in [0.15, 0.2) is 30.3 Å². The van der Waals surface area contributed by atoms with Crippen LogP contribution >= 0.6 is 0 Å². The summed E-state index contributed by atoms with van der Waals surface area (Å²) >= 11 is 0. The third-order valence-electron chi connectivity index (χ3n) is 3.18. The zero-order valence-corrected chi connectivity index (χ0v) is 12.1. The molecule has 0 atom stereocenters. The maximum absolute atomic E-state index is 12.3. The zero-order chi connectivity index (χ0) is 15.9. The molecule has 0 aliphatic heterocycles. The van der Waals surface area contributed by atoms with Gasteiger partial charge in [0.2, 0.25) is 0 Å². The van der Waals surface area contributed by atoms with Crippen LogP contribution in [0.5, 0.6) is 0 Å². The number of aliphatic hydroxyl groups is 2. The van der Waals surface area contributed by atoms with Crippen LogP contribution in [-0.4, -0.2) is 62.3 Å². The normalized spacial score (nSPS) is 10.6. The number of carbonyl (C=O) groups excluding carboxylic acids is 1. The number of nitrogens with two attached hydrogens (primary N) is 1. The molecule has 0 aliphatic carbocycles. The molecular weight excluding hydrogens is 286 g/mol. The molecule has 0 saturated heterocycles. The predicted molar refractivity (Wildman–Crippen MR) is 80.1 cm³/mol. The molecule has 0 unspecified atom stereocenters. The molecule has 1 aromatic carbocycles. The first kappa shape index (κ1) is 15.9. The molecule has 1 amide bonds. The smallest absolute Gasteiger partial charge is 0.278 e. The second-order valence-electron chi connectivity index (χ2n) is 4.71. The Morgan fingerprint density at radius 3 is 2.41 bits per heavy atom. The standard InChI is InChI=1S/C14H19N5O3/c15-13-12(14(22)18(6-8-20)7-9-21)16-17-19(13)10-11-4-2-1-3-5-11/h1-5,20-21H,6-10,15H2. The van der Waals surface area contributed by atoms with Crippen LogP contribution in [0.3, 0.4) is 0 Å². The topological polar surface area (TPSA) is 118 Å². The van der Waals surface area contributed by atoms with Crippen molar-refractivity contribution < 1.29 is 15.0 Å². The predicted octanol–water partition coefficient (Wildman–Crippen LogP) is -0.665. The van der Waals surface area contributed by atoms with E-state index in [4.69, 9.17) is 15.9 Å². The molecule has 8 nitrogen and oxygen atoms in total. The Morgan fingerprint density at radius 2 is 1.82 bits per heavy atom.